The summed E-state index contributed by atoms with van der Waals surface area (Å²) in [4.78, 5) is 0. The predicted molar refractivity (Wildman–Crippen MR) is 90.9 cm³/mol. The molecule has 106 valence electrons. The lowest BCUT2D eigenvalue weighted by atomic mass is 10.0. The second-order valence-corrected chi connectivity index (χ2v) is 8.15. The zero-order valence-electron chi connectivity index (χ0n) is 10.9. The normalized spacial score (nSPS) is 25.3. The highest BCUT2D eigenvalue weighted by Crippen LogP contribution is 2.36. The second kappa shape index (κ2) is 7.46. The summed E-state index contributed by atoms with van der Waals surface area (Å²) in [6.45, 7) is 2.25. The summed E-state index contributed by atoms with van der Waals surface area (Å²) < 4.78 is 0. The smallest absolute Gasteiger partial charge is 0.0624 e. The van der Waals surface area contributed by atoms with Gasteiger partial charge in [-0.05, 0) is 24.5 Å². The van der Waals surface area contributed by atoms with Crippen LogP contribution in [0.4, 0.5) is 0 Å². The summed E-state index contributed by atoms with van der Waals surface area (Å²) in [6, 6.07) is 5.92. The Hall–Kier alpha value is 0.460. The van der Waals surface area contributed by atoms with Crippen LogP contribution in [-0.2, 0) is 6.42 Å². The summed E-state index contributed by atoms with van der Waals surface area (Å²) in [5.74, 6) is 2.44. The highest BCUT2D eigenvalue weighted by Gasteiger charge is 2.30. The molecule has 19 heavy (non-hydrogen) atoms. The van der Waals surface area contributed by atoms with Crippen LogP contribution in [0.2, 0.25) is 10.0 Å². The first-order valence-corrected chi connectivity index (χ1v) is 9.40. The molecule has 1 saturated heterocycles. The van der Waals surface area contributed by atoms with Crippen molar-refractivity contribution in [2.45, 2.75) is 36.3 Å². The monoisotopic (exact) mass is 335 g/mol. The highest BCUT2D eigenvalue weighted by atomic mass is 35.5. The Balaban J connectivity index is 2.07. The molecule has 0 radical (unpaired) electrons. The van der Waals surface area contributed by atoms with E-state index in [2.05, 4.69) is 18.7 Å². The topological polar surface area (TPSA) is 26.0 Å². The summed E-state index contributed by atoms with van der Waals surface area (Å²) in [5, 5.41) is 2.44. The Labute approximate surface area is 134 Å². The molecule has 1 aliphatic rings. The Morgan fingerprint density at radius 3 is 2.79 bits per heavy atom. The molecule has 2 rings (SSSR count). The second-order valence-electron chi connectivity index (χ2n) is 4.73. The molecule has 3 unspecified atom stereocenters. The van der Waals surface area contributed by atoms with Crippen LogP contribution in [0.3, 0.4) is 0 Å². The Morgan fingerprint density at radius 2 is 2.05 bits per heavy atom. The maximum absolute atomic E-state index is 6.43. The summed E-state index contributed by atoms with van der Waals surface area (Å²) in [6.07, 6.45) is 1.98. The minimum atomic E-state index is 0.138. The summed E-state index contributed by atoms with van der Waals surface area (Å²) in [7, 11) is 0. The largest absolute Gasteiger partial charge is 0.326 e. The van der Waals surface area contributed by atoms with Crippen molar-refractivity contribution in [2.75, 3.05) is 11.5 Å². The van der Waals surface area contributed by atoms with Crippen molar-refractivity contribution >= 4 is 46.7 Å². The maximum atomic E-state index is 6.43. The average molecular weight is 336 g/mol. The van der Waals surface area contributed by atoms with E-state index < -0.39 is 0 Å². The molecule has 1 aromatic carbocycles. The fourth-order valence-corrected chi connectivity index (χ4v) is 6.00. The van der Waals surface area contributed by atoms with Gasteiger partial charge in [-0.25, -0.2) is 0 Å². The first-order chi connectivity index (χ1) is 9.13. The van der Waals surface area contributed by atoms with Gasteiger partial charge in [-0.15, -0.1) is 0 Å². The van der Waals surface area contributed by atoms with Gasteiger partial charge >= 0.3 is 0 Å². The molecule has 0 bridgehead atoms. The molecule has 1 aromatic rings. The van der Waals surface area contributed by atoms with Crippen molar-refractivity contribution in [1.82, 2.24) is 0 Å². The van der Waals surface area contributed by atoms with Crippen LogP contribution in [0.5, 0.6) is 0 Å². The van der Waals surface area contributed by atoms with Gasteiger partial charge < -0.3 is 5.73 Å². The molecular weight excluding hydrogens is 317 g/mol. The average Bonchev–Trinajstić information content (AvgIpc) is 2.43. The number of halogens is 2. The molecule has 1 aliphatic heterocycles. The maximum Gasteiger partial charge on any atom is 0.0624 e. The van der Waals surface area contributed by atoms with Crippen LogP contribution in [0.1, 0.15) is 18.9 Å². The van der Waals surface area contributed by atoms with Crippen LogP contribution in [0.15, 0.2) is 18.2 Å². The Bertz CT molecular complexity index is 428. The van der Waals surface area contributed by atoms with Crippen molar-refractivity contribution in [3.63, 3.8) is 0 Å². The zero-order valence-corrected chi connectivity index (χ0v) is 14.1. The lowest BCUT2D eigenvalue weighted by molar-refractivity contribution is 0.597. The third-order valence-electron chi connectivity index (χ3n) is 3.40. The van der Waals surface area contributed by atoms with Gasteiger partial charge in [-0.3, -0.25) is 0 Å². The van der Waals surface area contributed by atoms with E-state index in [0.717, 1.165) is 12.0 Å². The number of rotatable bonds is 4. The van der Waals surface area contributed by atoms with E-state index in [0.29, 0.717) is 20.5 Å². The minimum Gasteiger partial charge on any atom is -0.326 e. The first kappa shape index (κ1) is 15.8. The van der Waals surface area contributed by atoms with Gasteiger partial charge in [0.05, 0.1) is 10.0 Å². The quantitative estimate of drug-likeness (QED) is 0.877. The fraction of sp³-hybridized carbons (Fsp3) is 0.571. The van der Waals surface area contributed by atoms with E-state index in [1.807, 2.05) is 30.0 Å². The van der Waals surface area contributed by atoms with Crippen molar-refractivity contribution in [3.8, 4) is 0 Å². The van der Waals surface area contributed by atoms with Crippen LogP contribution in [0.25, 0.3) is 0 Å². The molecule has 0 aliphatic carbocycles. The minimum absolute atomic E-state index is 0.138. The first-order valence-electron chi connectivity index (χ1n) is 6.55. The summed E-state index contributed by atoms with van der Waals surface area (Å²) in [5.41, 5.74) is 7.49. The van der Waals surface area contributed by atoms with Crippen LogP contribution in [-0.4, -0.2) is 28.0 Å². The van der Waals surface area contributed by atoms with Crippen molar-refractivity contribution in [2.24, 2.45) is 5.73 Å². The van der Waals surface area contributed by atoms with Gasteiger partial charge in [-0.1, -0.05) is 42.3 Å². The van der Waals surface area contributed by atoms with Gasteiger partial charge in [0.1, 0.15) is 0 Å². The Kier molecular flexibility index (Phi) is 6.22. The molecule has 1 fully saturated rings. The molecule has 3 atom stereocenters. The molecule has 0 saturated carbocycles. The van der Waals surface area contributed by atoms with Crippen LogP contribution in [0, 0.1) is 0 Å². The SMILES string of the molecule is CCC1SCCSC1C(N)Cc1cccc(Cl)c1Cl. The molecule has 5 heteroatoms. The lowest BCUT2D eigenvalue weighted by Crippen LogP contribution is -2.43. The van der Waals surface area contributed by atoms with E-state index in [-0.39, 0.29) is 6.04 Å². The van der Waals surface area contributed by atoms with Crippen molar-refractivity contribution in [3.05, 3.63) is 33.8 Å². The van der Waals surface area contributed by atoms with E-state index in [4.69, 9.17) is 28.9 Å². The number of hydrogen-bond donors (Lipinski definition) is 1. The molecule has 0 amide bonds. The van der Waals surface area contributed by atoms with E-state index in [9.17, 15) is 0 Å². The van der Waals surface area contributed by atoms with Gasteiger partial charge in [0.2, 0.25) is 0 Å². The molecule has 0 spiro atoms. The summed E-state index contributed by atoms with van der Waals surface area (Å²) >= 11 is 16.4. The van der Waals surface area contributed by atoms with E-state index in [1.54, 1.807) is 0 Å². The van der Waals surface area contributed by atoms with E-state index in [1.165, 1.54) is 17.9 Å². The predicted octanol–water partition coefficient (Wildman–Crippen LogP) is 4.49. The number of hydrogen-bond acceptors (Lipinski definition) is 3. The third-order valence-corrected chi connectivity index (χ3v) is 7.69. The van der Waals surface area contributed by atoms with Crippen LogP contribution >= 0.6 is 46.7 Å². The molecule has 0 aromatic heterocycles. The molecule has 2 N–H and O–H groups in total. The van der Waals surface area contributed by atoms with Gasteiger partial charge in [0.15, 0.2) is 0 Å². The van der Waals surface area contributed by atoms with Crippen LogP contribution < -0.4 is 5.73 Å². The molecule has 1 heterocycles. The number of nitrogens with two attached hydrogens (primary N) is 1. The highest BCUT2D eigenvalue weighted by molar-refractivity contribution is 8.07. The van der Waals surface area contributed by atoms with Crippen molar-refractivity contribution in [1.29, 1.82) is 0 Å². The molecule has 1 nitrogen and oxygen atoms in total. The standard InChI is InChI=1S/C14H19Cl2NS2/c1-2-12-14(19-7-6-18-12)11(17)8-9-4-3-5-10(15)13(9)16/h3-5,11-12,14H,2,6-8,17H2,1H3. The third kappa shape index (κ3) is 3.98. The van der Waals surface area contributed by atoms with Gasteiger partial charge in [0.25, 0.3) is 0 Å². The number of thioether (sulfide) groups is 2. The lowest BCUT2D eigenvalue weighted by Gasteiger charge is -2.34. The van der Waals surface area contributed by atoms with Gasteiger partial charge in [-0.2, -0.15) is 23.5 Å². The zero-order chi connectivity index (χ0) is 13.8. The Morgan fingerprint density at radius 1 is 1.32 bits per heavy atom. The number of benzene rings is 1. The fourth-order valence-electron chi connectivity index (χ4n) is 2.41. The molecular formula is C14H19Cl2NS2. The van der Waals surface area contributed by atoms with E-state index >= 15 is 0 Å². The van der Waals surface area contributed by atoms with Crippen molar-refractivity contribution < 1.29 is 0 Å². The van der Waals surface area contributed by atoms with Gasteiger partial charge in [0, 0.05) is 28.0 Å².